The summed E-state index contributed by atoms with van der Waals surface area (Å²) in [5, 5.41) is 11.6. The lowest BCUT2D eigenvalue weighted by molar-refractivity contribution is -0.274. The minimum atomic E-state index is -4.75. The average Bonchev–Trinajstić information content (AvgIpc) is 2.35. The predicted molar refractivity (Wildman–Crippen MR) is 75.3 cm³/mol. The van der Waals surface area contributed by atoms with Crippen LogP contribution in [0.3, 0.4) is 0 Å². The van der Waals surface area contributed by atoms with Crippen molar-refractivity contribution in [1.82, 2.24) is 5.32 Å². The molecular weight excluding hydrogens is 299 g/mol. The van der Waals surface area contributed by atoms with Gasteiger partial charge in [-0.05, 0) is 29.5 Å². The second-order valence-corrected chi connectivity index (χ2v) is 5.79. The quantitative estimate of drug-likeness (QED) is 0.812. The number of benzene rings is 1. The monoisotopic (exact) mass is 319 g/mol. The number of aliphatic hydroxyl groups excluding tert-OH is 1. The first-order chi connectivity index (χ1) is 10.1. The van der Waals surface area contributed by atoms with Crippen molar-refractivity contribution in [1.29, 1.82) is 0 Å². The van der Waals surface area contributed by atoms with Crippen LogP contribution in [0.5, 0.6) is 5.75 Å². The first kappa shape index (κ1) is 18.3. The van der Waals surface area contributed by atoms with Crippen LogP contribution in [-0.4, -0.2) is 30.5 Å². The lowest BCUT2D eigenvalue weighted by Gasteiger charge is -2.23. The summed E-state index contributed by atoms with van der Waals surface area (Å²) < 4.78 is 40.2. The molecule has 124 valence electrons. The molecule has 1 rings (SSSR count). The number of hydrogen-bond donors (Lipinski definition) is 2. The highest BCUT2D eigenvalue weighted by Crippen LogP contribution is 2.23. The summed E-state index contributed by atoms with van der Waals surface area (Å²) in [5.41, 5.74) is 0.185. The topological polar surface area (TPSA) is 58.6 Å². The molecule has 0 heterocycles. The van der Waals surface area contributed by atoms with Crippen LogP contribution in [0.25, 0.3) is 0 Å². The summed E-state index contributed by atoms with van der Waals surface area (Å²) in [5.74, 6) is -0.645. The van der Waals surface area contributed by atoms with Crippen molar-refractivity contribution in [3.05, 3.63) is 29.8 Å². The molecule has 0 atom stereocenters. The van der Waals surface area contributed by atoms with Crippen LogP contribution in [0.4, 0.5) is 13.2 Å². The number of halogens is 3. The van der Waals surface area contributed by atoms with Crippen molar-refractivity contribution in [2.24, 2.45) is 5.41 Å². The predicted octanol–water partition coefficient (Wildman–Crippen LogP) is 2.65. The molecule has 0 aromatic heterocycles. The molecule has 1 aromatic carbocycles. The fourth-order valence-corrected chi connectivity index (χ4v) is 1.83. The second-order valence-electron chi connectivity index (χ2n) is 5.79. The fraction of sp³-hybridized carbons (Fsp3) is 0.533. The molecule has 4 nitrogen and oxygen atoms in total. The molecule has 0 unspecified atom stereocenters. The van der Waals surface area contributed by atoms with Crippen molar-refractivity contribution in [3.63, 3.8) is 0 Å². The number of ether oxygens (including phenoxy) is 1. The van der Waals surface area contributed by atoms with E-state index in [4.69, 9.17) is 5.11 Å². The summed E-state index contributed by atoms with van der Waals surface area (Å²) in [6, 6.07) is 5.33. The summed E-state index contributed by atoms with van der Waals surface area (Å²) in [6.07, 6.45) is -4.25. The Morgan fingerprint density at radius 3 is 2.59 bits per heavy atom. The Bertz CT molecular complexity index is 501. The van der Waals surface area contributed by atoms with E-state index in [1.807, 2.05) is 13.8 Å². The second kappa shape index (κ2) is 7.49. The molecule has 2 N–H and O–H groups in total. The third-order valence-corrected chi connectivity index (χ3v) is 3.05. The minimum Gasteiger partial charge on any atom is -0.406 e. The number of alkyl halides is 3. The van der Waals surface area contributed by atoms with E-state index < -0.39 is 6.36 Å². The van der Waals surface area contributed by atoms with Crippen LogP contribution in [0, 0.1) is 5.41 Å². The van der Waals surface area contributed by atoms with Crippen molar-refractivity contribution in [3.8, 4) is 5.75 Å². The van der Waals surface area contributed by atoms with Crippen molar-refractivity contribution < 1.29 is 27.8 Å². The van der Waals surface area contributed by atoms with Gasteiger partial charge in [0, 0.05) is 13.2 Å². The third kappa shape index (κ3) is 7.31. The number of carbonyl (C=O) groups is 1. The van der Waals surface area contributed by atoms with Gasteiger partial charge in [-0.25, -0.2) is 0 Å². The van der Waals surface area contributed by atoms with Gasteiger partial charge in [0.15, 0.2) is 0 Å². The normalized spacial score (nSPS) is 12.1. The maximum atomic E-state index is 12.1. The van der Waals surface area contributed by atoms with E-state index in [0.29, 0.717) is 18.5 Å². The van der Waals surface area contributed by atoms with Gasteiger partial charge in [0.2, 0.25) is 5.91 Å². The SMILES string of the molecule is CC(C)(CCO)CNC(=O)Cc1cccc(OC(F)(F)F)c1. The molecule has 7 heteroatoms. The van der Waals surface area contributed by atoms with E-state index >= 15 is 0 Å². The van der Waals surface area contributed by atoms with E-state index in [2.05, 4.69) is 10.1 Å². The molecular formula is C15H20F3NO3. The Kier molecular flexibility index (Phi) is 6.22. The van der Waals surface area contributed by atoms with Crippen LogP contribution in [0.15, 0.2) is 24.3 Å². The molecule has 0 saturated heterocycles. The molecule has 0 aliphatic rings. The summed E-state index contributed by atoms with van der Waals surface area (Å²) in [6.45, 7) is 4.22. The van der Waals surface area contributed by atoms with Crippen LogP contribution in [0.1, 0.15) is 25.8 Å². The van der Waals surface area contributed by atoms with Crippen LogP contribution in [-0.2, 0) is 11.2 Å². The van der Waals surface area contributed by atoms with Gasteiger partial charge in [0.1, 0.15) is 5.75 Å². The maximum Gasteiger partial charge on any atom is 0.573 e. The zero-order valence-corrected chi connectivity index (χ0v) is 12.5. The Labute approximate surface area is 127 Å². The van der Waals surface area contributed by atoms with Gasteiger partial charge >= 0.3 is 6.36 Å². The maximum absolute atomic E-state index is 12.1. The van der Waals surface area contributed by atoms with Gasteiger partial charge in [0.25, 0.3) is 0 Å². The summed E-state index contributed by atoms with van der Waals surface area (Å²) in [4.78, 5) is 11.8. The van der Waals surface area contributed by atoms with Gasteiger partial charge in [-0.3, -0.25) is 4.79 Å². The summed E-state index contributed by atoms with van der Waals surface area (Å²) in [7, 11) is 0. The molecule has 0 spiro atoms. The molecule has 0 saturated carbocycles. The van der Waals surface area contributed by atoms with Gasteiger partial charge in [-0.15, -0.1) is 13.2 Å². The van der Waals surface area contributed by atoms with E-state index in [0.717, 1.165) is 0 Å². The Morgan fingerprint density at radius 2 is 2.00 bits per heavy atom. The first-order valence-electron chi connectivity index (χ1n) is 6.83. The molecule has 22 heavy (non-hydrogen) atoms. The molecule has 0 fully saturated rings. The van der Waals surface area contributed by atoms with Crippen LogP contribution >= 0.6 is 0 Å². The van der Waals surface area contributed by atoms with Crippen molar-refractivity contribution in [2.45, 2.75) is 33.1 Å². The largest absolute Gasteiger partial charge is 0.573 e. The number of hydrogen-bond acceptors (Lipinski definition) is 3. The molecule has 0 bridgehead atoms. The Balaban J connectivity index is 2.56. The number of carbonyl (C=O) groups excluding carboxylic acids is 1. The third-order valence-electron chi connectivity index (χ3n) is 3.05. The van der Waals surface area contributed by atoms with Crippen molar-refractivity contribution in [2.75, 3.05) is 13.2 Å². The van der Waals surface area contributed by atoms with Gasteiger partial charge in [-0.1, -0.05) is 26.0 Å². The Morgan fingerprint density at radius 1 is 1.32 bits per heavy atom. The molecule has 0 aliphatic carbocycles. The average molecular weight is 319 g/mol. The van der Waals surface area contributed by atoms with E-state index in [1.165, 1.54) is 18.2 Å². The van der Waals surface area contributed by atoms with Gasteiger partial charge in [0.05, 0.1) is 6.42 Å². The van der Waals surface area contributed by atoms with E-state index in [1.54, 1.807) is 6.07 Å². The highest BCUT2D eigenvalue weighted by atomic mass is 19.4. The highest BCUT2D eigenvalue weighted by Gasteiger charge is 2.31. The van der Waals surface area contributed by atoms with Crippen LogP contribution in [0.2, 0.25) is 0 Å². The number of amides is 1. The highest BCUT2D eigenvalue weighted by molar-refractivity contribution is 5.78. The zero-order valence-electron chi connectivity index (χ0n) is 12.5. The molecule has 0 radical (unpaired) electrons. The first-order valence-corrected chi connectivity index (χ1v) is 6.83. The molecule has 1 aromatic rings. The molecule has 0 aliphatic heterocycles. The number of nitrogens with one attached hydrogen (secondary N) is 1. The van der Waals surface area contributed by atoms with E-state index in [-0.39, 0.29) is 30.1 Å². The van der Waals surface area contributed by atoms with Gasteiger partial charge in [-0.2, -0.15) is 0 Å². The Hall–Kier alpha value is -1.76. The fourth-order valence-electron chi connectivity index (χ4n) is 1.83. The summed E-state index contributed by atoms with van der Waals surface area (Å²) >= 11 is 0. The minimum absolute atomic E-state index is 0.0275. The lowest BCUT2D eigenvalue weighted by atomic mass is 9.89. The molecule has 1 amide bonds. The van der Waals surface area contributed by atoms with Crippen molar-refractivity contribution >= 4 is 5.91 Å². The number of aliphatic hydroxyl groups is 1. The smallest absolute Gasteiger partial charge is 0.406 e. The number of rotatable bonds is 7. The lowest BCUT2D eigenvalue weighted by Crippen LogP contribution is -2.35. The van der Waals surface area contributed by atoms with E-state index in [9.17, 15) is 18.0 Å². The zero-order chi connectivity index (χ0) is 16.8. The van der Waals surface area contributed by atoms with Gasteiger partial charge < -0.3 is 15.2 Å². The van der Waals surface area contributed by atoms with Crippen LogP contribution < -0.4 is 10.1 Å². The standard InChI is InChI=1S/C15H20F3NO3/c1-14(2,6-7-20)10-19-13(21)9-11-4-3-5-12(8-11)22-15(16,17)18/h3-5,8,20H,6-7,9-10H2,1-2H3,(H,19,21).